The van der Waals surface area contributed by atoms with Crippen LogP contribution in [0.1, 0.15) is 27.2 Å². The van der Waals surface area contributed by atoms with Crippen molar-refractivity contribution in [3.63, 3.8) is 0 Å². The quantitative estimate of drug-likeness (QED) is 0.225. The van der Waals surface area contributed by atoms with Crippen LogP contribution >= 0.6 is 35.3 Å². The van der Waals surface area contributed by atoms with Gasteiger partial charge in [-0.3, -0.25) is 9.79 Å². The van der Waals surface area contributed by atoms with Crippen LogP contribution in [0, 0.1) is 6.92 Å². The molecule has 0 saturated carbocycles. The molecule has 8 heteroatoms. The molecule has 2 rings (SSSR count). The number of carbonyl (C=O) groups is 1. The molecule has 27 heavy (non-hydrogen) atoms. The van der Waals surface area contributed by atoms with Crippen molar-refractivity contribution in [3.8, 4) is 5.75 Å². The summed E-state index contributed by atoms with van der Waals surface area (Å²) in [4.78, 5) is 16.8. The summed E-state index contributed by atoms with van der Waals surface area (Å²) in [6, 6.07) is 9.83. The van der Waals surface area contributed by atoms with Crippen LogP contribution < -0.4 is 20.7 Å². The molecule has 0 bridgehead atoms. The first-order valence-electron chi connectivity index (χ1n) is 8.53. The molecule has 0 unspecified atom stereocenters. The number of aryl methyl sites for hydroxylation is 1. The van der Waals surface area contributed by atoms with Crippen molar-refractivity contribution in [1.29, 1.82) is 0 Å². The third kappa shape index (κ3) is 7.76. The number of aliphatic imine (C=N–C) groups is 1. The summed E-state index contributed by atoms with van der Waals surface area (Å²) < 4.78 is 5.42. The lowest BCUT2D eigenvalue weighted by Gasteiger charge is -2.14. The maximum absolute atomic E-state index is 11.8. The van der Waals surface area contributed by atoms with Gasteiger partial charge in [0.05, 0.1) is 12.0 Å². The van der Waals surface area contributed by atoms with Gasteiger partial charge in [-0.1, -0.05) is 18.2 Å². The summed E-state index contributed by atoms with van der Waals surface area (Å²) in [5.41, 5.74) is 2.24. The van der Waals surface area contributed by atoms with Crippen molar-refractivity contribution < 1.29 is 9.53 Å². The normalized spacial score (nSPS) is 10.7. The number of guanidine groups is 1. The van der Waals surface area contributed by atoms with Gasteiger partial charge in [0.15, 0.2) is 5.96 Å². The van der Waals surface area contributed by atoms with E-state index in [-0.39, 0.29) is 29.9 Å². The van der Waals surface area contributed by atoms with E-state index in [1.165, 1.54) is 11.3 Å². The van der Waals surface area contributed by atoms with Crippen molar-refractivity contribution >= 4 is 47.2 Å². The van der Waals surface area contributed by atoms with Gasteiger partial charge in [-0.15, -0.1) is 35.3 Å². The van der Waals surface area contributed by atoms with Crippen LogP contribution in [0.15, 0.2) is 40.7 Å². The number of ether oxygens (including phenoxy) is 1. The minimum Gasteiger partial charge on any atom is -0.496 e. The molecule has 0 aliphatic carbocycles. The third-order valence-electron chi connectivity index (χ3n) is 3.79. The Morgan fingerprint density at radius 2 is 1.96 bits per heavy atom. The van der Waals surface area contributed by atoms with Gasteiger partial charge in [-0.2, -0.15) is 0 Å². The van der Waals surface area contributed by atoms with Crippen LogP contribution in [0.5, 0.6) is 5.75 Å². The van der Waals surface area contributed by atoms with Gasteiger partial charge in [-0.25, -0.2) is 0 Å². The second-order valence-corrected chi connectivity index (χ2v) is 6.70. The predicted molar refractivity (Wildman–Crippen MR) is 123 cm³/mol. The molecule has 0 radical (unpaired) electrons. The zero-order chi connectivity index (χ0) is 18.8. The molecule has 0 saturated heterocycles. The number of rotatable bonds is 8. The van der Waals surface area contributed by atoms with Crippen molar-refractivity contribution in [3.05, 3.63) is 51.7 Å². The molecule has 2 aromatic rings. The summed E-state index contributed by atoms with van der Waals surface area (Å²) in [7, 11) is 3.41. The Bertz CT molecular complexity index is 735. The van der Waals surface area contributed by atoms with Gasteiger partial charge in [0.2, 0.25) is 0 Å². The molecule has 148 valence electrons. The second kappa shape index (κ2) is 12.6. The van der Waals surface area contributed by atoms with Crippen molar-refractivity contribution in [2.24, 2.45) is 4.99 Å². The topological polar surface area (TPSA) is 74.8 Å². The zero-order valence-corrected chi connectivity index (χ0v) is 19.0. The number of carbonyl (C=O) groups excluding carboxylic acids is 1. The van der Waals surface area contributed by atoms with Crippen LogP contribution in [0.2, 0.25) is 0 Å². The lowest BCUT2D eigenvalue weighted by Crippen LogP contribution is -2.38. The molecule has 0 aliphatic rings. The zero-order valence-electron chi connectivity index (χ0n) is 15.9. The van der Waals surface area contributed by atoms with Crippen LogP contribution in [0.4, 0.5) is 0 Å². The highest BCUT2D eigenvalue weighted by Gasteiger charge is 2.06. The second-order valence-electron chi connectivity index (χ2n) is 5.75. The Morgan fingerprint density at radius 1 is 1.19 bits per heavy atom. The minimum absolute atomic E-state index is 0. The van der Waals surface area contributed by atoms with E-state index in [4.69, 9.17) is 4.74 Å². The predicted octanol–water partition coefficient (Wildman–Crippen LogP) is 3.17. The Hall–Kier alpha value is -1.81. The van der Waals surface area contributed by atoms with E-state index in [1.54, 1.807) is 14.2 Å². The minimum atomic E-state index is -0.0195. The van der Waals surface area contributed by atoms with Crippen LogP contribution in [0.25, 0.3) is 0 Å². The number of amides is 1. The number of thiophene rings is 1. The van der Waals surface area contributed by atoms with Crippen molar-refractivity contribution in [2.75, 3.05) is 27.2 Å². The molecule has 6 nitrogen and oxygen atoms in total. The molecule has 3 N–H and O–H groups in total. The van der Waals surface area contributed by atoms with Crippen LogP contribution in [0.3, 0.4) is 0 Å². The van der Waals surface area contributed by atoms with E-state index in [2.05, 4.69) is 33.1 Å². The highest BCUT2D eigenvalue weighted by molar-refractivity contribution is 14.0. The molecular formula is C19H27IN4O2S. The van der Waals surface area contributed by atoms with Crippen LogP contribution in [-0.4, -0.2) is 39.1 Å². The van der Waals surface area contributed by atoms with E-state index in [9.17, 15) is 4.79 Å². The molecule has 1 aromatic heterocycles. The number of nitrogens with zero attached hydrogens (tertiary/aromatic N) is 1. The summed E-state index contributed by atoms with van der Waals surface area (Å²) in [5, 5.41) is 11.3. The Kier molecular flexibility index (Phi) is 10.8. The summed E-state index contributed by atoms with van der Waals surface area (Å²) in [5.74, 6) is 1.57. The standard InChI is InChI=1S/C19H26N4O2S.HI/c1-14-7-8-15(16(12-14)25-3)13-23-19(20-2)22-10-5-9-21-18(24)17-6-4-11-26-17;/h4,6-8,11-12H,5,9-10,13H2,1-3H3,(H,21,24)(H2,20,22,23);1H. The third-order valence-corrected chi connectivity index (χ3v) is 4.66. The van der Waals surface area contributed by atoms with E-state index >= 15 is 0 Å². The number of hydrogen-bond acceptors (Lipinski definition) is 4. The monoisotopic (exact) mass is 502 g/mol. The molecule has 0 fully saturated rings. The Morgan fingerprint density at radius 3 is 2.63 bits per heavy atom. The first kappa shape index (κ1) is 23.2. The van der Waals surface area contributed by atoms with Crippen LogP contribution in [-0.2, 0) is 6.54 Å². The molecule has 1 amide bonds. The first-order valence-corrected chi connectivity index (χ1v) is 9.41. The lowest BCUT2D eigenvalue weighted by atomic mass is 10.1. The molecule has 0 atom stereocenters. The highest BCUT2D eigenvalue weighted by Crippen LogP contribution is 2.19. The number of nitrogens with one attached hydrogen (secondary N) is 3. The first-order chi connectivity index (χ1) is 12.6. The summed E-state index contributed by atoms with van der Waals surface area (Å²) >= 11 is 1.44. The van der Waals surface area contributed by atoms with Gasteiger partial charge >= 0.3 is 0 Å². The molecule has 0 aliphatic heterocycles. The van der Waals surface area contributed by atoms with E-state index in [0.29, 0.717) is 13.1 Å². The SMILES string of the molecule is CN=C(NCCCNC(=O)c1cccs1)NCc1ccc(C)cc1OC.I. The van der Waals surface area contributed by atoms with Gasteiger partial charge in [0, 0.05) is 32.2 Å². The fraction of sp³-hybridized carbons (Fsp3) is 0.368. The average molecular weight is 502 g/mol. The maximum atomic E-state index is 11.8. The van der Waals surface area contributed by atoms with Gasteiger partial charge in [0.25, 0.3) is 5.91 Å². The largest absolute Gasteiger partial charge is 0.496 e. The van der Waals surface area contributed by atoms with Gasteiger partial charge in [0.1, 0.15) is 5.75 Å². The van der Waals surface area contributed by atoms with E-state index < -0.39 is 0 Å². The fourth-order valence-electron chi connectivity index (χ4n) is 2.39. The molecule has 1 heterocycles. The van der Waals surface area contributed by atoms with Crippen molar-refractivity contribution in [1.82, 2.24) is 16.0 Å². The fourth-order valence-corrected chi connectivity index (χ4v) is 3.03. The number of benzene rings is 1. The number of hydrogen-bond donors (Lipinski definition) is 3. The van der Waals surface area contributed by atoms with E-state index in [1.807, 2.05) is 30.5 Å². The average Bonchev–Trinajstić information content (AvgIpc) is 3.19. The smallest absolute Gasteiger partial charge is 0.261 e. The summed E-state index contributed by atoms with van der Waals surface area (Å²) in [6.45, 7) is 4.00. The number of methoxy groups -OCH3 is 1. The summed E-state index contributed by atoms with van der Waals surface area (Å²) in [6.07, 6.45) is 0.811. The van der Waals surface area contributed by atoms with Gasteiger partial charge < -0.3 is 20.7 Å². The van der Waals surface area contributed by atoms with Crippen molar-refractivity contribution in [2.45, 2.75) is 19.9 Å². The maximum Gasteiger partial charge on any atom is 0.261 e. The molecular weight excluding hydrogens is 475 g/mol. The number of halogens is 1. The molecule has 0 spiro atoms. The van der Waals surface area contributed by atoms with E-state index in [0.717, 1.165) is 40.7 Å². The lowest BCUT2D eigenvalue weighted by molar-refractivity contribution is 0.0957. The molecule has 1 aromatic carbocycles. The Labute approximate surface area is 181 Å². The Balaban J connectivity index is 0.00000364. The highest BCUT2D eigenvalue weighted by atomic mass is 127. The van der Waals surface area contributed by atoms with Gasteiger partial charge in [-0.05, 0) is 36.4 Å².